The molecule has 1 aromatic rings. The third-order valence-electron chi connectivity index (χ3n) is 3.21. The molecule has 19 heavy (non-hydrogen) atoms. The second-order valence-corrected chi connectivity index (χ2v) is 5.72. The number of rotatable bonds is 4. The first-order chi connectivity index (χ1) is 8.60. The quantitative estimate of drug-likeness (QED) is 0.459. The summed E-state index contributed by atoms with van der Waals surface area (Å²) in [6.07, 6.45) is 0.490. The first kappa shape index (κ1) is 15.8. The topological polar surface area (TPSA) is 91.7 Å². The highest BCUT2D eigenvalue weighted by atomic mass is 32.3. The van der Waals surface area contributed by atoms with Crippen LogP contribution in [0.2, 0.25) is 0 Å². The third kappa shape index (κ3) is 3.20. The maximum atomic E-state index is 12.9. The van der Waals surface area contributed by atoms with Gasteiger partial charge in [-0.2, -0.15) is 8.42 Å². The van der Waals surface area contributed by atoms with Gasteiger partial charge in [0.15, 0.2) is 6.29 Å². The van der Waals surface area contributed by atoms with Gasteiger partial charge in [0.2, 0.25) is 0 Å². The Balaban J connectivity index is 3.73. The van der Waals surface area contributed by atoms with E-state index < -0.39 is 23.1 Å². The Bertz CT molecular complexity index is 625. The molecule has 0 radical (unpaired) electrons. The maximum Gasteiger partial charge on any atom is 0.489 e. The molecule has 2 N–H and O–H groups in total. The van der Waals surface area contributed by atoms with Crippen molar-refractivity contribution < 1.29 is 27.1 Å². The van der Waals surface area contributed by atoms with Gasteiger partial charge >= 0.3 is 17.3 Å². The molecule has 0 amide bonds. The van der Waals surface area contributed by atoms with Crippen molar-refractivity contribution in [3.05, 3.63) is 27.8 Å². The van der Waals surface area contributed by atoms with Gasteiger partial charge in [0.05, 0.1) is 0 Å². The molecule has 1 rings (SSSR count). The summed E-state index contributed by atoms with van der Waals surface area (Å²) in [5, 5.41) is 18.6. The molecule has 0 aliphatic rings. The highest BCUT2D eigenvalue weighted by Crippen LogP contribution is 2.22. The number of hydrogen-bond acceptors (Lipinski definition) is 5. The predicted molar refractivity (Wildman–Crippen MR) is 69.6 cm³/mol. The Kier molecular flexibility index (Phi) is 4.49. The molecule has 0 saturated carbocycles. The Labute approximate surface area is 111 Å². The summed E-state index contributed by atoms with van der Waals surface area (Å²) in [5.41, 5.74) is 1.20. The Morgan fingerprint density at radius 3 is 2.05 bits per heavy atom. The molecular formula is C11H14BFO5S. The lowest BCUT2D eigenvalue weighted by Crippen LogP contribution is -2.36. The van der Waals surface area contributed by atoms with Crippen molar-refractivity contribution in [3.63, 3.8) is 0 Å². The second-order valence-electron chi connectivity index (χ2n) is 4.36. The fraction of sp³-hybridized carbons (Fsp3) is 0.364. The van der Waals surface area contributed by atoms with Crippen molar-refractivity contribution in [2.45, 2.75) is 26.5 Å². The molecule has 0 atom stereocenters. The normalized spacial score (nSPS) is 11.5. The van der Waals surface area contributed by atoms with E-state index in [1.165, 1.54) is 20.8 Å². The van der Waals surface area contributed by atoms with Crippen LogP contribution >= 0.6 is 0 Å². The summed E-state index contributed by atoms with van der Waals surface area (Å²) in [4.78, 5) is 11.0. The van der Waals surface area contributed by atoms with E-state index in [4.69, 9.17) is 0 Å². The van der Waals surface area contributed by atoms with Crippen molar-refractivity contribution in [2.75, 3.05) is 0 Å². The zero-order valence-electron chi connectivity index (χ0n) is 10.8. The van der Waals surface area contributed by atoms with Crippen LogP contribution in [0.5, 0.6) is 0 Å². The molecule has 1 aromatic carbocycles. The highest BCUT2D eigenvalue weighted by Gasteiger charge is 2.26. The summed E-state index contributed by atoms with van der Waals surface area (Å²) < 4.78 is 34.4. The molecule has 8 heteroatoms. The van der Waals surface area contributed by atoms with Crippen molar-refractivity contribution in [1.29, 1.82) is 0 Å². The van der Waals surface area contributed by atoms with Gasteiger partial charge in [-0.15, -0.1) is 3.89 Å². The Morgan fingerprint density at radius 1 is 1.16 bits per heavy atom. The van der Waals surface area contributed by atoms with Crippen LogP contribution in [0.1, 0.15) is 32.6 Å². The van der Waals surface area contributed by atoms with Crippen LogP contribution in [-0.2, 0) is 16.0 Å². The van der Waals surface area contributed by atoms with Crippen LogP contribution in [0.15, 0.2) is 0 Å². The molecule has 0 aromatic heterocycles. The lowest BCUT2D eigenvalue weighted by Gasteiger charge is -2.18. The van der Waals surface area contributed by atoms with E-state index in [2.05, 4.69) is 0 Å². The number of aldehydes is 1. The van der Waals surface area contributed by atoms with Gasteiger partial charge in [-0.05, 0) is 48.5 Å². The van der Waals surface area contributed by atoms with E-state index in [-0.39, 0.29) is 22.2 Å². The Morgan fingerprint density at radius 2 is 1.68 bits per heavy atom. The lowest BCUT2D eigenvalue weighted by molar-refractivity contribution is 0.112. The molecule has 0 bridgehead atoms. The lowest BCUT2D eigenvalue weighted by atomic mass is 9.71. The molecule has 0 unspecified atom stereocenters. The summed E-state index contributed by atoms with van der Waals surface area (Å²) >= 11 is 0. The van der Waals surface area contributed by atoms with Gasteiger partial charge in [-0.1, -0.05) is 0 Å². The number of halogens is 1. The number of carbonyl (C=O) groups excluding carboxylic acids is 1. The van der Waals surface area contributed by atoms with Gasteiger partial charge in [-0.25, -0.2) is 0 Å². The first-order valence-electron chi connectivity index (χ1n) is 5.46. The molecule has 0 heterocycles. The minimum absolute atomic E-state index is 0.0337. The minimum atomic E-state index is -4.78. The largest absolute Gasteiger partial charge is 0.489 e. The molecular weight excluding hydrogens is 274 g/mol. The van der Waals surface area contributed by atoms with E-state index in [0.29, 0.717) is 17.4 Å². The number of carbonyl (C=O) groups is 1. The second kappa shape index (κ2) is 5.40. The highest BCUT2D eigenvalue weighted by molar-refractivity contribution is 7.85. The molecule has 0 aliphatic heterocycles. The average Bonchev–Trinajstić information content (AvgIpc) is 2.23. The van der Waals surface area contributed by atoms with Crippen molar-refractivity contribution in [2.24, 2.45) is 0 Å². The van der Waals surface area contributed by atoms with Gasteiger partial charge in [0.1, 0.15) is 5.75 Å². The molecule has 0 fully saturated rings. The van der Waals surface area contributed by atoms with E-state index in [1.54, 1.807) is 0 Å². The summed E-state index contributed by atoms with van der Waals surface area (Å²) in [7, 11) is -6.64. The van der Waals surface area contributed by atoms with Crippen molar-refractivity contribution >= 4 is 29.1 Å². The smallest absolute Gasteiger partial charge is 0.423 e. The van der Waals surface area contributed by atoms with Gasteiger partial charge in [-0.3, -0.25) is 4.79 Å². The van der Waals surface area contributed by atoms with E-state index in [9.17, 15) is 27.1 Å². The Hall–Kier alpha value is -1.25. The minimum Gasteiger partial charge on any atom is -0.423 e. The zero-order chi connectivity index (χ0) is 15.0. The van der Waals surface area contributed by atoms with E-state index in [0.717, 1.165) is 0 Å². The molecule has 104 valence electrons. The monoisotopic (exact) mass is 288 g/mol. The predicted octanol–water partition coefficient (Wildman–Crippen LogP) is -0.0965. The van der Waals surface area contributed by atoms with Gasteiger partial charge in [0.25, 0.3) is 0 Å². The van der Waals surface area contributed by atoms with Gasteiger partial charge < -0.3 is 10.0 Å². The van der Waals surface area contributed by atoms with E-state index >= 15 is 0 Å². The van der Waals surface area contributed by atoms with Crippen LogP contribution in [0.4, 0.5) is 3.89 Å². The van der Waals surface area contributed by atoms with Crippen LogP contribution in [0, 0.1) is 20.8 Å². The third-order valence-corrected chi connectivity index (χ3v) is 3.85. The first-order valence-corrected chi connectivity index (χ1v) is 7.01. The summed E-state index contributed by atoms with van der Waals surface area (Å²) in [5.74, 6) is -0.897. The fourth-order valence-electron chi connectivity index (χ4n) is 2.27. The molecule has 0 spiro atoms. The van der Waals surface area contributed by atoms with Crippen LogP contribution in [-0.4, -0.2) is 31.9 Å². The zero-order valence-corrected chi connectivity index (χ0v) is 11.6. The number of benzene rings is 1. The van der Waals surface area contributed by atoms with Gasteiger partial charge in [0, 0.05) is 5.56 Å². The number of hydrogen-bond donors (Lipinski definition) is 2. The molecule has 0 saturated heterocycles. The maximum absolute atomic E-state index is 12.9. The summed E-state index contributed by atoms with van der Waals surface area (Å²) in [6, 6.07) is 0. The van der Waals surface area contributed by atoms with Crippen LogP contribution < -0.4 is 5.46 Å². The van der Waals surface area contributed by atoms with Crippen molar-refractivity contribution in [1.82, 2.24) is 0 Å². The summed E-state index contributed by atoms with van der Waals surface area (Å²) in [6.45, 7) is 4.48. The van der Waals surface area contributed by atoms with Crippen LogP contribution in [0.3, 0.4) is 0 Å². The van der Waals surface area contributed by atoms with Crippen LogP contribution in [0.25, 0.3) is 0 Å². The van der Waals surface area contributed by atoms with Crippen molar-refractivity contribution in [3.8, 4) is 0 Å². The molecule has 5 nitrogen and oxygen atoms in total. The molecule has 0 aliphatic carbocycles. The SMILES string of the molecule is Cc1c(C=O)c(C)c(B(O)O)c(C)c1CS(=O)(=O)F. The average molecular weight is 288 g/mol. The van der Waals surface area contributed by atoms with E-state index in [1.807, 2.05) is 0 Å². The standard InChI is InChI=1S/C11H14BFO5S/c1-6-9(4-14)7(2)11(12(15)16)8(3)10(6)5-19(13,17)18/h4,15-16H,5H2,1-3H3. The fourth-order valence-corrected chi connectivity index (χ4v) is 3.04.